The van der Waals surface area contributed by atoms with Crippen molar-refractivity contribution in [2.45, 2.75) is 13.3 Å². The summed E-state index contributed by atoms with van der Waals surface area (Å²) in [6.45, 7) is 2.27. The Kier molecular flexibility index (Phi) is 4.36. The van der Waals surface area contributed by atoms with E-state index in [0.29, 0.717) is 6.42 Å². The third kappa shape index (κ3) is 2.81. The highest BCUT2D eigenvalue weighted by Crippen LogP contribution is 2.36. The molecule has 22 heavy (non-hydrogen) atoms. The minimum absolute atomic E-state index is 0.149. The Bertz CT molecular complexity index is 746. The third-order valence-electron chi connectivity index (χ3n) is 4.00. The lowest BCUT2D eigenvalue weighted by Gasteiger charge is -2.16. The molecule has 0 unspecified atom stereocenters. The lowest BCUT2D eigenvalue weighted by atomic mass is 9.88. The fourth-order valence-corrected chi connectivity index (χ4v) is 2.89. The van der Waals surface area contributed by atoms with Crippen LogP contribution in [0.15, 0.2) is 66.7 Å². The van der Waals surface area contributed by atoms with Crippen LogP contribution < -0.4 is 0 Å². The van der Waals surface area contributed by atoms with E-state index in [1.165, 1.54) is 27.8 Å². The molecular formula is C21H19O. The monoisotopic (exact) mass is 287 g/mol. The van der Waals surface area contributed by atoms with Gasteiger partial charge in [0.2, 0.25) is 0 Å². The number of benzene rings is 3. The predicted molar refractivity (Wildman–Crippen MR) is 91.7 cm³/mol. The standard InChI is InChI=1S/C21H19O/c1-16-17(14-15-22)12-13-20(18-8-4-2-5-9-18)21(16)19-10-6-3-7-11-19/h2-11,13,22H,14-15H2,1H3. The van der Waals surface area contributed by atoms with Crippen LogP contribution in [-0.2, 0) is 6.42 Å². The number of aliphatic hydroxyl groups is 1. The van der Waals surface area contributed by atoms with Gasteiger partial charge in [-0.2, -0.15) is 0 Å². The summed E-state index contributed by atoms with van der Waals surface area (Å²) < 4.78 is 0. The number of aliphatic hydroxyl groups excluding tert-OH is 1. The Balaban J connectivity index is 2.24. The topological polar surface area (TPSA) is 20.2 Å². The van der Waals surface area contributed by atoms with E-state index in [2.05, 4.69) is 67.6 Å². The molecule has 0 saturated carbocycles. The molecule has 3 rings (SSSR count). The SMILES string of the molecule is Cc1c(CCO)[c]cc(-c2ccccc2)c1-c1ccccc1. The van der Waals surface area contributed by atoms with E-state index < -0.39 is 0 Å². The van der Waals surface area contributed by atoms with Crippen molar-refractivity contribution in [3.8, 4) is 22.3 Å². The van der Waals surface area contributed by atoms with Crippen molar-refractivity contribution in [2.24, 2.45) is 0 Å². The minimum Gasteiger partial charge on any atom is -0.396 e. The van der Waals surface area contributed by atoms with Gasteiger partial charge in [-0.05, 0) is 58.9 Å². The van der Waals surface area contributed by atoms with Crippen LogP contribution in [0.25, 0.3) is 22.3 Å². The average Bonchev–Trinajstić information content (AvgIpc) is 2.58. The van der Waals surface area contributed by atoms with Gasteiger partial charge in [-0.25, -0.2) is 0 Å². The normalized spacial score (nSPS) is 10.6. The van der Waals surface area contributed by atoms with E-state index in [1.807, 2.05) is 12.1 Å². The summed E-state index contributed by atoms with van der Waals surface area (Å²) >= 11 is 0. The molecule has 0 aliphatic heterocycles. The molecule has 0 atom stereocenters. The molecule has 0 aromatic heterocycles. The predicted octanol–water partition coefficient (Wildman–Crippen LogP) is 4.66. The van der Waals surface area contributed by atoms with E-state index in [9.17, 15) is 5.11 Å². The first-order valence-corrected chi connectivity index (χ1v) is 7.57. The van der Waals surface area contributed by atoms with E-state index in [4.69, 9.17) is 0 Å². The van der Waals surface area contributed by atoms with Crippen molar-refractivity contribution in [3.05, 3.63) is 83.9 Å². The van der Waals surface area contributed by atoms with Crippen molar-refractivity contribution in [1.82, 2.24) is 0 Å². The highest BCUT2D eigenvalue weighted by atomic mass is 16.2. The zero-order valence-corrected chi connectivity index (χ0v) is 12.7. The molecule has 0 aliphatic rings. The Morgan fingerprint density at radius 2 is 1.45 bits per heavy atom. The molecule has 109 valence electrons. The number of hydrogen-bond donors (Lipinski definition) is 1. The molecule has 1 heteroatoms. The van der Waals surface area contributed by atoms with Gasteiger partial charge >= 0.3 is 0 Å². The van der Waals surface area contributed by atoms with E-state index >= 15 is 0 Å². The fourth-order valence-electron chi connectivity index (χ4n) is 2.89. The summed E-state index contributed by atoms with van der Waals surface area (Å²) in [5.74, 6) is 0. The lowest BCUT2D eigenvalue weighted by Crippen LogP contribution is -1.98. The molecule has 0 bridgehead atoms. The summed E-state index contributed by atoms with van der Waals surface area (Å²) in [6, 6.07) is 26.2. The molecule has 0 saturated heterocycles. The van der Waals surface area contributed by atoms with Crippen LogP contribution in [0.5, 0.6) is 0 Å². The molecule has 1 radical (unpaired) electrons. The first-order valence-electron chi connectivity index (χ1n) is 7.57. The second-order valence-electron chi connectivity index (χ2n) is 5.39. The van der Waals surface area contributed by atoms with Gasteiger partial charge in [0.15, 0.2) is 0 Å². The summed E-state index contributed by atoms with van der Waals surface area (Å²) in [6.07, 6.45) is 0.640. The van der Waals surface area contributed by atoms with Crippen molar-refractivity contribution in [3.63, 3.8) is 0 Å². The van der Waals surface area contributed by atoms with Gasteiger partial charge < -0.3 is 5.11 Å². The van der Waals surface area contributed by atoms with Gasteiger partial charge in [-0.15, -0.1) is 0 Å². The molecule has 3 aromatic rings. The molecule has 0 aliphatic carbocycles. The number of hydrogen-bond acceptors (Lipinski definition) is 1. The Hall–Kier alpha value is -2.38. The zero-order valence-electron chi connectivity index (χ0n) is 12.7. The first kappa shape index (κ1) is 14.6. The highest BCUT2D eigenvalue weighted by molar-refractivity contribution is 5.86. The maximum Gasteiger partial charge on any atom is 0.0471 e. The molecule has 0 spiro atoms. The summed E-state index contributed by atoms with van der Waals surface area (Å²) in [5.41, 5.74) is 7.09. The molecule has 1 N–H and O–H groups in total. The summed E-state index contributed by atoms with van der Waals surface area (Å²) in [4.78, 5) is 0. The molecule has 0 fully saturated rings. The van der Waals surface area contributed by atoms with Gasteiger partial charge in [-0.3, -0.25) is 0 Å². The van der Waals surface area contributed by atoms with Gasteiger partial charge in [0.1, 0.15) is 0 Å². The molecule has 0 heterocycles. The van der Waals surface area contributed by atoms with Crippen molar-refractivity contribution < 1.29 is 5.11 Å². The Morgan fingerprint density at radius 3 is 2.05 bits per heavy atom. The van der Waals surface area contributed by atoms with E-state index in [1.54, 1.807) is 0 Å². The fraction of sp³-hybridized carbons (Fsp3) is 0.143. The van der Waals surface area contributed by atoms with Crippen LogP contribution in [0, 0.1) is 13.0 Å². The second-order valence-corrected chi connectivity index (χ2v) is 5.39. The van der Waals surface area contributed by atoms with Crippen molar-refractivity contribution in [1.29, 1.82) is 0 Å². The minimum atomic E-state index is 0.149. The first-order chi connectivity index (χ1) is 10.8. The molecular weight excluding hydrogens is 268 g/mol. The molecule has 0 amide bonds. The van der Waals surface area contributed by atoms with Crippen molar-refractivity contribution in [2.75, 3.05) is 6.61 Å². The maximum atomic E-state index is 9.27. The Labute approximate surface area is 131 Å². The van der Waals surface area contributed by atoms with Gasteiger partial charge in [0.25, 0.3) is 0 Å². The zero-order chi connectivity index (χ0) is 15.4. The van der Waals surface area contributed by atoms with Gasteiger partial charge in [-0.1, -0.05) is 60.7 Å². The molecule has 1 nitrogen and oxygen atoms in total. The molecule has 3 aromatic carbocycles. The second kappa shape index (κ2) is 6.59. The summed E-state index contributed by atoms with van der Waals surface area (Å²) in [7, 11) is 0. The van der Waals surface area contributed by atoms with Crippen molar-refractivity contribution >= 4 is 0 Å². The van der Waals surface area contributed by atoms with Gasteiger partial charge in [0, 0.05) is 6.61 Å². The van der Waals surface area contributed by atoms with Crippen LogP contribution in [0.2, 0.25) is 0 Å². The van der Waals surface area contributed by atoms with Crippen LogP contribution >= 0.6 is 0 Å². The average molecular weight is 287 g/mol. The maximum absolute atomic E-state index is 9.27. The van der Waals surface area contributed by atoms with Gasteiger partial charge in [0.05, 0.1) is 0 Å². The van der Waals surface area contributed by atoms with Crippen LogP contribution in [0.1, 0.15) is 11.1 Å². The number of rotatable bonds is 4. The largest absolute Gasteiger partial charge is 0.396 e. The summed E-state index contributed by atoms with van der Waals surface area (Å²) in [5, 5.41) is 9.27. The highest BCUT2D eigenvalue weighted by Gasteiger charge is 2.13. The lowest BCUT2D eigenvalue weighted by molar-refractivity contribution is 0.299. The Morgan fingerprint density at radius 1 is 0.864 bits per heavy atom. The quantitative estimate of drug-likeness (QED) is 0.739. The van der Waals surface area contributed by atoms with Crippen LogP contribution in [0.4, 0.5) is 0 Å². The third-order valence-corrected chi connectivity index (χ3v) is 4.00. The van der Waals surface area contributed by atoms with E-state index in [0.717, 1.165) is 5.56 Å². The van der Waals surface area contributed by atoms with Crippen LogP contribution in [0.3, 0.4) is 0 Å². The van der Waals surface area contributed by atoms with Crippen LogP contribution in [-0.4, -0.2) is 11.7 Å². The van der Waals surface area contributed by atoms with E-state index in [-0.39, 0.29) is 6.61 Å². The smallest absolute Gasteiger partial charge is 0.0471 e.